The molecule has 1 rings (SSSR count). The van der Waals surface area contributed by atoms with Gasteiger partial charge < -0.3 is 5.73 Å². The molecule has 0 amide bonds. The maximum Gasteiger partial charge on any atom is 0.152 e. The monoisotopic (exact) mass is 275 g/mol. The zero-order valence-corrected chi connectivity index (χ0v) is 13.0. The molecule has 0 bridgehead atoms. The molecule has 0 heterocycles. The van der Waals surface area contributed by atoms with Crippen molar-refractivity contribution in [2.75, 3.05) is 0 Å². The predicted octanol–water partition coefficient (Wildman–Crippen LogP) is 4.12. The smallest absolute Gasteiger partial charge is 0.152 e. The number of ketones is 1. The van der Waals surface area contributed by atoms with Crippen molar-refractivity contribution in [2.24, 2.45) is 11.7 Å². The Morgan fingerprint density at radius 3 is 2.40 bits per heavy atom. The zero-order valence-electron chi connectivity index (χ0n) is 13.0. The zero-order chi connectivity index (χ0) is 14.8. The van der Waals surface area contributed by atoms with Gasteiger partial charge >= 0.3 is 0 Å². The third-order valence-electron chi connectivity index (χ3n) is 3.97. The SMILES string of the molecule is CCCCCCC(CC)C(=O)[C@@H](N)Cc1ccccc1. The van der Waals surface area contributed by atoms with Crippen molar-refractivity contribution >= 4 is 5.78 Å². The predicted molar refractivity (Wildman–Crippen MR) is 85.7 cm³/mol. The highest BCUT2D eigenvalue weighted by atomic mass is 16.1. The molecular formula is C18H29NO. The normalized spacial score (nSPS) is 13.9. The number of rotatable bonds is 10. The van der Waals surface area contributed by atoms with Crippen LogP contribution in [0.3, 0.4) is 0 Å². The summed E-state index contributed by atoms with van der Waals surface area (Å²) in [6.45, 7) is 4.30. The molecular weight excluding hydrogens is 246 g/mol. The Hall–Kier alpha value is -1.15. The number of unbranched alkanes of at least 4 members (excludes halogenated alkanes) is 3. The molecule has 0 aliphatic heterocycles. The van der Waals surface area contributed by atoms with Crippen LogP contribution in [0.15, 0.2) is 30.3 Å². The van der Waals surface area contributed by atoms with Crippen LogP contribution in [0.25, 0.3) is 0 Å². The second-order valence-electron chi connectivity index (χ2n) is 5.65. The van der Waals surface area contributed by atoms with Crippen LogP contribution in [-0.2, 0) is 11.2 Å². The second kappa shape index (κ2) is 9.71. The van der Waals surface area contributed by atoms with Gasteiger partial charge in [0.15, 0.2) is 5.78 Å². The van der Waals surface area contributed by atoms with E-state index in [1.807, 2.05) is 30.3 Å². The Kier molecular flexibility index (Phi) is 8.20. The van der Waals surface area contributed by atoms with Gasteiger partial charge in [-0.2, -0.15) is 0 Å². The molecule has 0 aliphatic carbocycles. The molecule has 1 aromatic carbocycles. The number of carbonyl (C=O) groups is 1. The van der Waals surface area contributed by atoms with E-state index in [4.69, 9.17) is 5.73 Å². The van der Waals surface area contributed by atoms with Gasteiger partial charge in [-0.05, 0) is 24.8 Å². The van der Waals surface area contributed by atoms with Crippen LogP contribution >= 0.6 is 0 Å². The first-order chi connectivity index (χ1) is 9.69. The molecule has 0 aliphatic rings. The number of nitrogens with two attached hydrogens (primary N) is 1. The summed E-state index contributed by atoms with van der Waals surface area (Å²) in [5.41, 5.74) is 7.25. The molecule has 0 saturated carbocycles. The Balaban J connectivity index is 2.44. The Morgan fingerprint density at radius 2 is 1.80 bits per heavy atom. The van der Waals surface area contributed by atoms with Gasteiger partial charge in [0.05, 0.1) is 6.04 Å². The van der Waals surface area contributed by atoms with Crippen LogP contribution in [0.5, 0.6) is 0 Å². The summed E-state index contributed by atoms with van der Waals surface area (Å²) in [6.07, 6.45) is 7.44. The molecule has 20 heavy (non-hydrogen) atoms. The molecule has 2 nitrogen and oxygen atoms in total. The van der Waals surface area contributed by atoms with E-state index in [9.17, 15) is 4.79 Å². The van der Waals surface area contributed by atoms with Gasteiger partial charge in [-0.1, -0.05) is 69.9 Å². The number of hydrogen-bond donors (Lipinski definition) is 1. The third kappa shape index (κ3) is 5.87. The molecule has 2 N–H and O–H groups in total. The van der Waals surface area contributed by atoms with Crippen LogP contribution in [0.2, 0.25) is 0 Å². The van der Waals surface area contributed by atoms with Crippen LogP contribution in [0.1, 0.15) is 57.9 Å². The summed E-state index contributed by atoms with van der Waals surface area (Å²) in [5.74, 6) is 0.387. The summed E-state index contributed by atoms with van der Waals surface area (Å²) < 4.78 is 0. The summed E-state index contributed by atoms with van der Waals surface area (Å²) in [4.78, 5) is 12.4. The number of benzene rings is 1. The van der Waals surface area contributed by atoms with E-state index in [1.54, 1.807) is 0 Å². The largest absolute Gasteiger partial charge is 0.321 e. The molecule has 0 saturated heterocycles. The van der Waals surface area contributed by atoms with E-state index >= 15 is 0 Å². The highest BCUT2D eigenvalue weighted by molar-refractivity contribution is 5.86. The fourth-order valence-electron chi connectivity index (χ4n) is 2.64. The molecule has 2 atom stereocenters. The van der Waals surface area contributed by atoms with Crippen molar-refractivity contribution in [3.8, 4) is 0 Å². The average molecular weight is 275 g/mol. The van der Waals surface area contributed by atoms with Crippen LogP contribution in [0.4, 0.5) is 0 Å². The van der Waals surface area contributed by atoms with Gasteiger partial charge in [0.2, 0.25) is 0 Å². The van der Waals surface area contributed by atoms with E-state index < -0.39 is 0 Å². The van der Waals surface area contributed by atoms with Crippen molar-refractivity contribution < 1.29 is 4.79 Å². The van der Waals surface area contributed by atoms with Crippen molar-refractivity contribution in [2.45, 2.75) is 64.8 Å². The minimum atomic E-state index is -0.353. The average Bonchev–Trinajstić information content (AvgIpc) is 2.48. The standard InChI is InChI=1S/C18H29NO/c1-3-5-6-10-13-16(4-2)18(20)17(19)14-15-11-8-7-9-12-15/h7-9,11-12,16-17H,3-6,10,13-14,19H2,1-2H3/t16?,17-/m0/s1. The summed E-state index contributed by atoms with van der Waals surface area (Å²) in [5, 5.41) is 0. The maximum absolute atomic E-state index is 12.4. The number of hydrogen-bond acceptors (Lipinski definition) is 2. The summed E-state index contributed by atoms with van der Waals surface area (Å²) in [6, 6.07) is 9.70. The van der Waals surface area contributed by atoms with Crippen molar-refractivity contribution in [3.05, 3.63) is 35.9 Å². The van der Waals surface area contributed by atoms with Gasteiger partial charge in [0, 0.05) is 5.92 Å². The Morgan fingerprint density at radius 1 is 1.10 bits per heavy atom. The fourth-order valence-corrected chi connectivity index (χ4v) is 2.64. The van der Waals surface area contributed by atoms with Crippen molar-refractivity contribution in [1.82, 2.24) is 0 Å². The molecule has 0 radical (unpaired) electrons. The summed E-state index contributed by atoms with van der Waals surface area (Å²) in [7, 11) is 0. The number of carbonyl (C=O) groups excluding carboxylic acids is 1. The topological polar surface area (TPSA) is 43.1 Å². The molecule has 0 spiro atoms. The van der Waals surface area contributed by atoms with E-state index in [2.05, 4.69) is 13.8 Å². The van der Waals surface area contributed by atoms with E-state index in [-0.39, 0.29) is 17.7 Å². The van der Waals surface area contributed by atoms with Gasteiger partial charge in [-0.3, -0.25) is 4.79 Å². The lowest BCUT2D eigenvalue weighted by molar-refractivity contribution is -0.124. The van der Waals surface area contributed by atoms with Gasteiger partial charge in [0.25, 0.3) is 0 Å². The molecule has 1 unspecified atom stereocenters. The summed E-state index contributed by atoms with van der Waals surface area (Å²) >= 11 is 0. The first-order valence-corrected chi connectivity index (χ1v) is 8.02. The molecule has 0 fully saturated rings. The lowest BCUT2D eigenvalue weighted by Crippen LogP contribution is -2.37. The van der Waals surface area contributed by atoms with Gasteiger partial charge in [-0.15, -0.1) is 0 Å². The maximum atomic E-state index is 12.4. The van der Waals surface area contributed by atoms with Gasteiger partial charge in [0.1, 0.15) is 0 Å². The second-order valence-corrected chi connectivity index (χ2v) is 5.65. The molecule has 1 aromatic rings. The van der Waals surface area contributed by atoms with Crippen molar-refractivity contribution in [3.63, 3.8) is 0 Å². The first-order valence-electron chi connectivity index (χ1n) is 8.02. The van der Waals surface area contributed by atoms with Crippen LogP contribution in [0, 0.1) is 5.92 Å². The quantitative estimate of drug-likeness (QED) is 0.653. The molecule has 0 aromatic heterocycles. The van der Waals surface area contributed by atoms with E-state index in [0.29, 0.717) is 6.42 Å². The van der Waals surface area contributed by atoms with Crippen LogP contribution < -0.4 is 5.73 Å². The van der Waals surface area contributed by atoms with Gasteiger partial charge in [-0.25, -0.2) is 0 Å². The molecule has 2 heteroatoms. The van der Waals surface area contributed by atoms with Crippen LogP contribution in [-0.4, -0.2) is 11.8 Å². The minimum Gasteiger partial charge on any atom is -0.321 e. The highest BCUT2D eigenvalue weighted by Crippen LogP contribution is 2.17. The number of Topliss-reactive ketones (excluding diaryl/α,β-unsaturated/α-hetero) is 1. The third-order valence-corrected chi connectivity index (χ3v) is 3.97. The highest BCUT2D eigenvalue weighted by Gasteiger charge is 2.22. The minimum absolute atomic E-state index is 0.144. The fraction of sp³-hybridized carbons (Fsp3) is 0.611. The first kappa shape index (κ1) is 16.9. The van der Waals surface area contributed by atoms with Crippen molar-refractivity contribution in [1.29, 1.82) is 0 Å². The Labute approximate surface area is 123 Å². The Bertz CT molecular complexity index is 374. The molecule has 112 valence electrons. The lowest BCUT2D eigenvalue weighted by atomic mass is 9.88. The lowest BCUT2D eigenvalue weighted by Gasteiger charge is -2.18. The van der Waals surface area contributed by atoms with E-state index in [1.165, 1.54) is 19.3 Å². The van der Waals surface area contributed by atoms with E-state index in [0.717, 1.165) is 24.8 Å².